The number of benzene rings is 1. The van der Waals surface area contributed by atoms with Crippen molar-refractivity contribution >= 4 is 11.9 Å². The van der Waals surface area contributed by atoms with Gasteiger partial charge in [0.25, 0.3) is 0 Å². The van der Waals surface area contributed by atoms with E-state index in [9.17, 15) is 14.7 Å². The van der Waals surface area contributed by atoms with Gasteiger partial charge in [0, 0.05) is 19.5 Å². The van der Waals surface area contributed by atoms with E-state index in [1.54, 1.807) is 17.0 Å². The smallest absolute Gasteiger partial charge is 0.306 e. The van der Waals surface area contributed by atoms with Gasteiger partial charge in [-0.2, -0.15) is 0 Å². The minimum atomic E-state index is -0.394. The minimum absolute atomic E-state index is 0.0649. The average molecular weight is 279 g/mol. The molecule has 0 saturated carbocycles. The first-order chi connectivity index (χ1) is 9.55. The Kier molecular flexibility index (Phi) is 4.12. The second-order valence-electron chi connectivity index (χ2n) is 4.62. The molecule has 0 aliphatic carbocycles. The van der Waals surface area contributed by atoms with Crippen molar-refractivity contribution in [3.63, 3.8) is 0 Å². The lowest BCUT2D eigenvalue weighted by atomic mass is 10.1. The predicted octanol–water partition coefficient (Wildman–Crippen LogP) is 1.20. The molecule has 1 aliphatic rings. The molecule has 1 aliphatic heterocycles. The first-order valence-corrected chi connectivity index (χ1v) is 6.28. The van der Waals surface area contributed by atoms with Gasteiger partial charge in [0.2, 0.25) is 5.91 Å². The summed E-state index contributed by atoms with van der Waals surface area (Å²) in [5.74, 6) is -0.0397. The monoisotopic (exact) mass is 279 g/mol. The van der Waals surface area contributed by atoms with Crippen LogP contribution < -0.4 is 4.74 Å². The van der Waals surface area contributed by atoms with Crippen LogP contribution in [0.15, 0.2) is 12.1 Å². The third-order valence-corrected chi connectivity index (χ3v) is 3.35. The fourth-order valence-corrected chi connectivity index (χ4v) is 2.22. The van der Waals surface area contributed by atoms with Gasteiger partial charge >= 0.3 is 5.97 Å². The Balaban J connectivity index is 2.02. The van der Waals surface area contributed by atoms with Crippen molar-refractivity contribution in [2.75, 3.05) is 14.2 Å². The highest BCUT2D eigenvalue weighted by molar-refractivity contribution is 5.81. The molecule has 0 bridgehead atoms. The number of methoxy groups -OCH3 is 2. The maximum Gasteiger partial charge on any atom is 0.306 e. The fourth-order valence-electron chi connectivity index (χ4n) is 2.22. The van der Waals surface area contributed by atoms with Crippen LogP contribution in [0.2, 0.25) is 0 Å². The van der Waals surface area contributed by atoms with Crippen LogP contribution in [0.5, 0.6) is 11.5 Å². The maximum absolute atomic E-state index is 12.0. The highest BCUT2D eigenvalue weighted by atomic mass is 16.5. The first kappa shape index (κ1) is 14.2. The Labute approximate surface area is 116 Å². The summed E-state index contributed by atoms with van der Waals surface area (Å²) < 4.78 is 9.56. The Hall–Kier alpha value is -2.24. The number of ether oxygens (including phenoxy) is 2. The van der Waals surface area contributed by atoms with Gasteiger partial charge in [-0.1, -0.05) is 0 Å². The van der Waals surface area contributed by atoms with E-state index in [0.29, 0.717) is 18.8 Å². The van der Waals surface area contributed by atoms with Crippen LogP contribution in [-0.2, 0) is 27.4 Å². The molecule has 0 saturated heterocycles. The number of aromatic hydroxyl groups is 1. The molecule has 1 amide bonds. The van der Waals surface area contributed by atoms with Gasteiger partial charge in [-0.05, 0) is 23.3 Å². The number of phenols is 1. The van der Waals surface area contributed by atoms with Crippen LogP contribution in [0.1, 0.15) is 24.0 Å². The third-order valence-electron chi connectivity index (χ3n) is 3.35. The molecule has 6 nitrogen and oxygen atoms in total. The molecule has 1 aromatic rings. The summed E-state index contributed by atoms with van der Waals surface area (Å²) in [7, 11) is 2.78. The molecular weight excluding hydrogens is 262 g/mol. The maximum atomic E-state index is 12.0. The number of rotatable bonds is 4. The van der Waals surface area contributed by atoms with Crippen molar-refractivity contribution in [2.24, 2.45) is 0 Å². The van der Waals surface area contributed by atoms with Crippen molar-refractivity contribution in [3.05, 3.63) is 23.3 Å². The highest BCUT2D eigenvalue weighted by Crippen LogP contribution is 2.34. The molecule has 6 heteroatoms. The summed E-state index contributed by atoms with van der Waals surface area (Å²) in [4.78, 5) is 24.7. The number of carbonyl (C=O) groups is 2. The van der Waals surface area contributed by atoms with E-state index in [0.717, 1.165) is 11.1 Å². The zero-order valence-electron chi connectivity index (χ0n) is 11.5. The van der Waals surface area contributed by atoms with Crippen LogP contribution in [0.3, 0.4) is 0 Å². The van der Waals surface area contributed by atoms with Crippen molar-refractivity contribution < 1.29 is 24.2 Å². The van der Waals surface area contributed by atoms with E-state index >= 15 is 0 Å². The van der Waals surface area contributed by atoms with Gasteiger partial charge in [0.05, 0.1) is 20.6 Å². The van der Waals surface area contributed by atoms with Gasteiger partial charge < -0.3 is 19.5 Å². The molecule has 0 atom stereocenters. The standard InChI is InChI=1S/C14H17NO5/c1-19-12-6-10-8-15(7-9(10)5-11(12)16)13(17)3-4-14(18)20-2/h5-6,16H,3-4,7-8H2,1-2H3. The summed E-state index contributed by atoms with van der Waals surface area (Å²) in [6, 6.07) is 3.35. The Morgan fingerprint density at radius 1 is 1.20 bits per heavy atom. The molecule has 0 spiro atoms. The molecule has 0 radical (unpaired) electrons. The van der Waals surface area contributed by atoms with E-state index in [-0.39, 0.29) is 24.5 Å². The van der Waals surface area contributed by atoms with Crippen LogP contribution in [0, 0.1) is 0 Å². The van der Waals surface area contributed by atoms with Crippen LogP contribution in [0.4, 0.5) is 0 Å². The lowest BCUT2D eigenvalue weighted by Gasteiger charge is -2.14. The fraction of sp³-hybridized carbons (Fsp3) is 0.429. The van der Waals surface area contributed by atoms with Crippen LogP contribution in [-0.4, -0.2) is 36.1 Å². The van der Waals surface area contributed by atoms with E-state index in [1.807, 2.05) is 0 Å². The third kappa shape index (κ3) is 2.84. The zero-order chi connectivity index (χ0) is 14.7. The van der Waals surface area contributed by atoms with E-state index < -0.39 is 5.97 Å². The molecule has 0 aromatic heterocycles. The molecular formula is C14H17NO5. The Bertz CT molecular complexity index is 541. The summed E-state index contributed by atoms with van der Waals surface area (Å²) in [5, 5.41) is 9.72. The lowest BCUT2D eigenvalue weighted by Crippen LogP contribution is -2.25. The van der Waals surface area contributed by atoms with Crippen LogP contribution >= 0.6 is 0 Å². The molecule has 0 unspecified atom stereocenters. The number of nitrogens with zero attached hydrogens (tertiary/aromatic N) is 1. The Morgan fingerprint density at radius 2 is 1.85 bits per heavy atom. The van der Waals surface area contributed by atoms with Crippen molar-refractivity contribution in [1.82, 2.24) is 4.90 Å². The Morgan fingerprint density at radius 3 is 2.45 bits per heavy atom. The normalized spacial score (nSPS) is 13.0. The number of hydrogen-bond acceptors (Lipinski definition) is 5. The van der Waals surface area contributed by atoms with Gasteiger partial charge in [-0.15, -0.1) is 0 Å². The largest absolute Gasteiger partial charge is 0.504 e. The number of amides is 1. The first-order valence-electron chi connectivity index (χ1n) is 6.28. The molecule has 20 heavy (non-hydrogen) atoms. The summed E-state index contributed by atoms with van der Waals surface area (Å²) >= 11 is 0. The number of esters is 1. The zero-order valence-corrected chi connectivity index (χ0v) is 11.5. The average Bonchev–Trinajstić information content (AvgIpc) is 2.85. The number of hydrogen-bond donors (Lipinski definition) is 1. The number of carbonyl (C=O) groups excluding carboxylic acids is 2. The van der Waals surface area contributed by atoms with E-state index in [4.69, 9.17) is 4.74 Å². The van der Waals surface area contributed by atoms with Crippen molar-refractivity contribution in [3.8, 4) is 11.5 Å². The highest BCUT2D eigenvalue weighted by Gasteiger charge is 2.25. The molecule has 0 fully saturated rings. The SMILES string of the molecule is COC(=O)CCC(=O)N1Cc2cc(O)c(OC)cc2C1. The summed E-state index contributed by atoms with van der Waals surface area (Å²) in [6.07, 6.45) is 0.209. The molecule has 1 aromatic carbocycles. The van der Waals surface area contributed by atoms with Gasteiger partial charge in [0.1, 0.15) is 0 Å². The molecule has 108 valence electrons. The second-order valence-corrected chi connectivity index (χ2v) is 4.62. The van der Waals surface area contributed by atoms with Crippen molar-refractivity contribution in [2.45, 2.75) is 25.9 Å². The minimum Gasteiger partial charge on any atom is -0.504 e. The van der Waals surface area contributed by atoms with Gasteiger partial charge in [-0.3, -0.25) is 9.59 Å². The molecule has 1 heterocycles. The summed E-state index contributed by atoms with van der Waals surface area (Å²) in [5.41, 5.74) is 1.85. The van der Waals surface area contributed by atoms with Gasteiger partial charge in [0.15, 0.2) is 11.5 Å². The second kappa shape index (κ2) is 5.81. The number of phenolic OH excluding ortho intramolecular Hbond substituents is 1. The van der Waals surface area contributed by atoms with Crippen LogP contribution in [0.25, 0.3) is 0 Å². The van der Waals surface area contributed by atoms with E-state index in [1.165, 1.54) is 14.2 Å². The summed E-state index contributed by atoms with van der Waals surface area (Å²) in [6.45, 7) is 0.902. The topological polar surface area (TPSA) is 76.1 Å². The number of fused-ring (bicyclic) bond motifs is 1. The quantitative estimate of drug-likeness (QED) is 0.838. The molecule has 2 rings (SSSR count). The van der Waals surface area contributed by atoms with Gasteiger partial charge in [-0.25, -0.2) is 0 Å². The van der Waals surface area contributed by atoms with E-state index in [2.05, 4.69) is 4.74 Å². The van der Waals surface area contributed by atoms with Crippen molar-refractivity contribution in [1.29, 1.82) is 0 Å². The predicted molar refractivity (Wildman–Crippen MR) is 70.2 cm³/mol. The lowest BCUT2D eigenvalue weighted by molar-refractivity contribution is -0.143. The molecule has 1 N–H and O–H groups in total.